The smallest absolute Gasteiger partial charge is 0.261 e. The second kappa shape index (κ2) is 5.79. The summed E-state index contributed by atoms with van der Waals surface area (Å²) in [7, 11) is 1.58. The molecule has 0 saturated carbocycles. The Morgan fingerprint density at radius 2 is 2.24 bits per heavy atom. The van der Waals surface area contributed by atoms with E-state index >= 15 is 0 Å². The van der Waals surface area contributed by atoms with Gasteiger partial charge in [-0.15, -0.1) is 0 Å². The van der Waals surface area contributed by atoms with Gasteiger partial charge >= 0.3 is 0 Å². The van der Waals surface area contributed by atoms with Gasteiger partial charge in [0.15, 0.2) is 5.76 Å². The SMILES string of the molecule is COCc1cc(Cn2cnc3cc(Br)ccc3c2=O)no1. The fourth-order valence-electron chi connectivity index (χ4n) is 2.06. The molecule has 3 aromatic rings. The van der Waals surface area contributed by atoms with Gasteiger partial charge in [-0.2, -0.15) is 0 Å². The average molecular weight is 350 g/mol. The van der Waals surface area contributed by atoms with E-state index in [4.69, 9.17) is 9.26 Å². The summed E-state index contributed by atoms with van der Waals surface area (Å²) in [6.45, 7) is 0.664. The van der Waals surface area contributed by atoms with Gasteiger partial charge < -0.3 is 9.26 Å². The number of ether oxygens (including phenoxy) is 1. The van der Waals surface area contributed by atoms with E-state index in [0.29, 0.717) is 35.5 Å². The largest absolute Gasteiger partial charge is 0.377 e. The maximum Gasteiger partial charge on any atom is 0.261 e. The van der Waals surface area contributed by atoms with Gasteiger partial charge in [0.1, 0.15) is 12.3 Å². The number of fused-ring (bicyclic) bond motifs is 1. The van der Waals surface area contributed by atoms with E-state index in [1.54, 1.807) is 19.2 Å². The van der Waals surface area contributed by atoms with Gasteiger partial charge in [0.25, 0.3) is 5.56 Å². The van der Waals surface area contributed by atoms with Gasteiger partial charge in [0.2, 0.25) is 0 Å². The number of benzene rings is 1. The minimum absolute atomic E-state index is 0.108. The monoisotopic (exact) mass is 349 g/mol. The van der Waals surface area contributed by atoms with Gasteiger partial charge in [-0.3, -0.25) is 9.36 Å². The van der Waals surface area contributed by atoms with E-state index in [9.17, 15) is 4.79 Å². The Balaban J connectivity index is 1.95. The number of hydrogen-bond acceptors (Lipinski definition) is 5. The maximum atomic E-state index is 12.4. The maximum absolute atomic E-state index is 12.4. The molecule has 21 heavy (non-hydrogen) atoms. The van der Waals surface area contributed by atoms with Gasteiger partial charge in [-0.25, -0.2) is 4.98 Å². The minimum Gasteiger partial charge on any atom is -0.377 e. The number of aromatic nitrogens is 3. The zero-order valence-electron chi connectivity index (χ0n) is 11.2. The van der Waals surface area contributed by atoms with Crippen LogP contribution in [0, 0.1) is 0 Å². The molecule has 0 fully saturated rings. The molecular weight excluding hydrogens is 338 g/mol. The van der Waals surface area contributed by atoms with Crippen LogP contribution in [0.5, 0.6) is 0 Å². The molecule has 0 bridgehead atoms. The van der Waals surface area contributed by atoms with Gasteiger partial charge in [0, 0.05) is 17.6 Å². The Kier molecular flexibility index (Phi) is 3.85. The molecule has 108 valence electrons. The van der Waals surface area contributed by atoms with E-state index in [2.05, 4.69) is 26.1 Å². The minimum atomic E-state index is -0.108. The second-order valence-corrected chi connectivity index (χ2v) is 5.47. The topological polar surface area (TPSA) is 70.2 Å². The quantitative estimate of drug-likeness (QED) is 0.722. The van der Waals surface area contributed by atoms with Crippen molar-refractivity contribution in [3.63, 3.8) is 0 Å². The zero-order valence-corrected chi connectivity index (χ0v) is 12.8. The summed E-state index contributed by atoms with van der Waals surface area (Å²) in [6, 6.07) is 7.16. The summed E-state index contributed by atoms with van der Waals surface area (Å²) in [4.78, 5) is 16.7. The molecule has 0 spiro atoms. The average Bonchev–Trinajstić information content (AvgIpc) is 2.90. The zero-order chi connectivity index (χ0) is 14.8. The lowest BCUT2D eigenvalue weighted by Gasteiger charge is -2.04. The molecule has 0 amide bonds. The molecule has 0 radical (unpaired) electrons. The van der Waals surface area contributed by atoms with Crippen molar-refractivity contribution in [1.29, 1.82) is 0 Å². The Morgan fingerprint density at radius 1 is 1.38 bits per heavy atom. The molecule has 0 unspecified atom stereocenters. The van der Waals surface area contributed by atoms with E-state index < -0.39 is 0 Å². The van der Waals surface area contributed by atoms with Crippen LogP contribution in [0.1, 0.15) is 11.5 Å². The van der Waals surface area contributed by atoms with E-state index in [0.717, 1.165) is 4.47 Å². The third-order valence-corrected chi connectivity index (χ3v) is 3.51. The highest BCUT2D eigenvalue weighted by atomic mass is 79.9. The van der Waals surface area contributed by atoms with Gasteiger partial charge in [-0.1, -0.05) is 21.1 Å². The van der Waals surface area contributed by atoms with E-state index in [-0.39, 0.29) is 5.56 Å². The fourth-order valence-corrected chi connectivity index (χ4v) is 2.41. The second-order valence-electron chi connectivity index (χ2n) is 4.56. The first kappa shape index (κ1) is 14.0. The van der Waals surface area contributed by atoms with Crippen LogP contribution in [-0.2, 0) is 17.9 Å². The first-order valence-corrected chi connectivity index (χ1v) is 7.05. The molecule has 2 heterocycles. The molecule has 0 aliphatic heterocycles. The van der Waals surface area contributed by atoms with Crippen LogP contribution >= 0.6 is 15.9 Å². The van der Waals surface area contributed by atoms with Gasteiger partial charge in [0.05, 0.1) is 23.8 Å². The number of nitrogens with zero attached hydrogens (tertiary/aromatic N) is 3. The molecule has 6 nitrogen and oxygen atoms in total. The first-order chi connectivity index (χ1) is 10.2. The lowest BCUT2D eigenvalue weighted by atomic mass is 10.2. The molecular formula is C14H12BrN3O3. The molecule has 2 aromatic heterocycles. The summed E-state index contributed by atoms with van der Waals surface area (Å²) in [5.74, 6) is 0.623. The number of methoxy groups -OCH3 is 1. The third-order valence-electron chi connectivity index (χ3n) is 3.01. The van der Waals surface area contributed by atoms with Crippen LogP contribution in [0.4, 0.5) is 0 Å². The van der Waals surface area contributed by atoms with Crippen LogP contribution in [0.15, 0.2) is 44.4 Å². The Labute approximate surface area is 128 Å². The molecule has 0 N–H and O–H groups in total. The molecule has 0 atom stereocenters. The molecule has 7 heteroatoms. The van der Waals surface area contributed by atoms with Crippen molar-refractivity contribution < 1.29 is 9.26 Å². The van der Waals surface area contributed by atoms with Crippen molar-refractivity contribution in [2.45, 2.75) is 13.2 Å². The molecule has 0 aliphatic carbocycles. The normalized spacial score (nSPS) is 11.1. The van der Waals surface area contributed by atoms with Gasteiger partial charge in [-0.05, 0) is 18.2 Å². The van der Waals surface area contributed by atoms with Crippen LogP contribution in [0.2, 0.25) is 0 Å². The van der Waals surface area contributed by atoms with Crippen LogP contribution < -0.4 is 5.56 Å². The van der Waals surface area contributed by atoms with Crippen molar-refractivity contribution in [3.8, 4) is 0 Å². The summed E-state index contributed by atoms with van der Waals surface area (Å²) >= 11 is 3.36. The number of halogens is 1. The van der Waals surface area contributed by atoms with Crippen molar-refractivity contribution in [1.82, 2.24) is 14.7 Å². The third kappa shape index (κ3) is 2.88. The highest BCUT2D eigenvalue weighted by Crippen LogP contribution is 2.15. The van der Waals surface area contributed by atoms with E-state index in [1.165, 1.54) is 10.9 Å². The Morgan fingerprint density at radius 3 is 3.05 bits per heavy atom. The number of rotatable bonds is 4. The number of hydrogen-bond donors (Lipinski definition) is 0. The predicted molar refractivity (Wildman–Crippen MR) is 80.0 cm³/mol. The van der Waals surface area contributed by atoms with Crippen molar-refractivity contribution in [2.75, 3.05) is 7.11 Å². The first-order valence-electron chi connectivity index (χ1n) is 6.25. The molecule has 0 aliphatic rings. The Hall–Kier alpha value is -1.99. The standard InChI is InChI=1S/C14H12BrN3O3/c1-20-7-11-5-10(17-21-11)6-18-8-16-13-4-9(15)2-3-12(13)14(18)19/h2-5,8H,6-7H2,1H3. The highest BCUT2D eigenvalue weighted by Gasteiger charge is 2.08. The van der Waals surface area contributed by atoms with Crippen LogP contribution in [-0.4, -0.2) is 21.8 Å². The van der Waals surface area contributed by atoms with Crippen LogP contribution in [0.3, 0.4) is 0 Å². The Bertz CT molecular complexity index is 841. The summed E-state index contributed by atoms with van der Waals surface area (Å²) in [5.41, 5.74) is 1.21. The van der Waals surface area contributed by atoms with Crippen molar-refractivity contribution in [3.05, 3.63) is 56.9 Å². The molecule has 0 saturated heterocycles. The molecule has 3 rings (SSSR count). The summed E-state index contributed by atoms with van der Waals surface area (Å²) in [6.07, 6.45) is 1.52. The lowest BCUT2D eigenvalue weighted by Crippen LogP contribution is -2.21. The summed E-state index contributed by atoms with van der Waals surface area (Å²) in [5, 5.41) is 4.49. The van der Waals surface area contributed by atoms with Crippen molar-refractivity contribution in [2.24, 2.45) is 0 Å². The molecule has 1 aromatic carbocycles. The van der Waals surface area contributed by atoms with Crippen LogP contribution in [0.25, 0.3) is 10.9 Å². The van der Waals surface area contributed by atoms with E-state index in [1.807, 2.05) is 12.1 Å². The summed E-state index contributed by atoms with van der Waals surface area (Å²) < 4.78 is 12.5. The lowest BCUT2D eigenvalue weighted by molar-refractivity contribution is 0.155. The predicted octanol–water partition coefficient (Wildman–Crippen LogP) is 2.34. The van der Waals surface area contributed by atoms with Crippen molar-refractivity contribution >= 4 is 26.8 Å². The highest BCUT2D eigenvalue weighted by molar-refractivity contribution is 9.10. The fraction of sp³-hybridized carbons (Fsp3) is 0.214.